The molecule has 19 heavy (non-hydrogen) atoms. The number of alkyl halides is 1. The molecule has 1 unspecified atom stereocenters. The highest BCUT2D eigenvalue weighted by atomic mass is 79.9. The molecule has 0 aromatic heterocycles. The van der Waals surface area contributed by atoms with E-state index in [0.29, 0.717) is 19.6 Å². The summed E-state index contributed by atoms with van der Waals surface area (Å²) in [5.41, 5.74) is 2.48. The Morgan fingerprint density at radius 3 is 2.84 bits per heavy atom. The largest absolute Gasteiger partial charge is 0.374 e. The van der Waals surface area contributed by atoms with Gasteiger partial charge in [-0.3, -0.25) is 4.79 Å². The van der Waals surface area contributed by atoms with Gasteiger partial charge in [0.1, 0.15) is 0 Å². The quantitative estimate of drug-likeness (QED) is 0.796. The lowest BCUT2D eigenvalue weighted by molar-refractivity contribution is -0.137. The second-order valence-corrected chi connectivity index (χ2v) is 5.62. The number of hydrogen-bond acceptors (Lipinski definition) is 2. The summed E-state index contributed by atoms with van der Waals surface area (Å²) in [6.45, 7) is 4.14. The number of nitrogens with zero attached hydrogens (tertiary/aromatic N) is 1. The van der Waals surface area contributed by atoms with Crippen LogP contribution in [0.5, 0.6) is 0 Å². The van der Waals surface area contributed by atoms with Crippen molar-refractivity contribution in [2.24, 2.45) is 0 Å². The Labute approximate surface area is 123 Å². The Bertz CT molecular complexity index is 419. The highest BCUT2D eigenvalue weighted by Gasteiger charge is 2.22. The van der Waals surface area contributed by atoms with Crippen LogP contribution >= 0.6 is 15.9 Å². The molecule has 0 radical (unpaired) electrons. The van der Waals surface area contributed by atoms with Gasteiger partial charge in [0.05, 0.1) is 12.7 Å². The average Bonchev–Trinajstić information content (AvgIpc) is 2.46. The predicted octanol–water partition coefficient (Wildman–Crippen LogP) is 2.55. The Morgan fingerprint density at radius 2 is 2.16 bits per heavy atom. The van der Waals surface area contributed by atoms with Crippen LogP contribution < -0.4 is 0 Å². The van der Waals surface area contributed by atoms with Crippen molar-refractivity contribution in [3.63, 3.8) is 0 Å². The molecule has 1 amide bonds. The third kappa shape index (κ3) is 4.32. The molecule has 1 atom stereocenters. The molecule has 0 N–H and O–H groups in total. The van der Waals surface area contributed by atoms with Crippen LogP contribution in [0, 0.1) is 6.92 Å². The molecule has 2 rings (SSSR count). The van der Waals surface area contributed by atoms with E-state index in [1.807, 2.05) is 4.90 Å². The number of amides is 1. The average molecular weight is 326 g/mol. The van der Waals surface area contributed by atoms with E-state index in [4.69, 9.17) is 4.74 Å². The molecule has 1 fully saturated rings. The number of morpholine rings is 1. The van der Waals surface area contributed by atoms with Crippen molar-refractivity contribution in [3.8, 4) is 0 Å². The second-order valence-electron chi connectivity index (χ2n) is 4.97. The van der Waals surface area contributed by atoms with Crippen molar-refractivity contribution in [1.82, 2.24) is 4.90 Å². The van der Waals surface area contributed by atoms with Crippen LogP contribution in [-0.2, 0) is 16.0 Å². The number of benzene rings is 1. The summed E-state index contributed by atoms with van der Waals surface area (Å²) in [7, 11) is 0. The Kier molecular flexibility index (Phi) is 5.40. The van der Waals surface area contributed by atoms with E-state index in [1.165, 1.54) is 11.1 Å². The van der Waals surface area contributed by atoms with Crippen LogP contribution in [0.2, 0.25) is 0 Å². The summed E-state index contributed by atoms with van der Waals surface area (Å²) in [6, 6.07) is 8.39. The van der Waals surface area contributed by atoms with Crippen molar-refractivity contribution < 1.29 is 9.53 Å². The standard InChI is InChI=1S/C15H20BrNO2/c1-12-2-4-13(5-3-12)6-7-15(18)17-8-9-19-14(10-16)11-17/h2-5,14H,6-11H2,1H3. The molecule has 0 aliphatic carbocycles. The third-order valence-corrected chi connectivity index (χ3v) is 4.13. The van der Waals surface area contributed by atoms with E-state index in [-0.39, 0.29) is 12.0 Å². The van der Waals surface area contributed by atoms with Gasteiger partial charge in [-0.05, 0) is 18.9 Å². The van der Waals surface area contributed by atoms with Gasteiger partial charge in [0.15, 0.2) is 0 Å². The van der Waals surface area contributed by atoms with Crippen LogP contribution in [0.4, 0.5) is 0 Å². The first-order valence-corrected chi connectivity index (χ1v) is 7.82. The molecule has 1 heterocycles. The first-order valence-electron chi connectivity index (χ1n) is 6.70. The fourth-order valence-electron chi connectivity index (χ4n) is 2.20. The molecule has 0 spiro atoms. The van der Waals surface area contributed by atoms with Gasteiger partial charge in [0, 0.05) is 24.8 Å². The van der Waals surface area contributed by atoms with Crippen LogP contribution in [-0.4, -0.2) is 41.9 Å². The fourth-order valence-corrected chi connectivity index (χ4v) is 2.60. The maximum Gasteiger partial charge on any atom is 0.223 e. The number of halogens is 1. The van der Waals surface area contributed by atoms with Crippen LogP contribution in [0.25, 0.3) is 0 Å². The third-order valence-electron chi connectivity index (χ3n) is 3.41. The fraction of sp³-hybridized carbons (Fsp3) is 0.533. The van der Waals surface area contributed by atoms with Gasteiger partial charge in [-0.15, -0.1) is 0 Å². The lowest BCUT2D eigenvalue weighted by atomic mass is 10.1. The van der Waals surface area contributed by atoms with Gasteiger partial charge < -0.3 is 9.64 Å². The highest BCUT2D eigenvalue weighted by Crippen LogP contribution is 2.11. The zero-order valence-corrected chi connectivity index (χ0v) is 12.9. The minimum atomic E-state index is 0.136. The first-order chi connectivity index (χ1) is 9.19. The smallest absolute Gasteiger partial charge is 0.223 e. The molecular formula is C15H20BrNO2. The maximum atomic E-state index is 12.2. The Hall–Kier alpha value is -0.870. The summed E-state index contributed by atoms with van der Waals surface area (Å²) in [5.74, 6) is 0.231. The van der Waals surface area contributed by atoms with E-state index < -0.39 is 0 Å². The summed E-state index contributed by atoms with van der Waals surface area (Å²) < 4.78 is 5.54. The molecule has 3 nitrogen and oxygen atoms in total. The van der Waals surface area contributed by atoms with E-state index in [9.17, 15) is 4.79 Å². The minimum Gasteiger partial charge on any atom is -0.374 e. The monoisotopic (exact) mass is 325 g/mol. The van der Waals surface area contributed by atoms with Crippen LogP contribution in [0.3, 0.4) is 0 Å². The van der Waals surface area contributed by atoms with Gasteiger partial charge in [-0.25, -0.2) is 0 Å². The summed E-state index contributed by atoms with van der Waals surface area (Å²) in [6.07, 6.45) is 1.53. The summed E-state index contributed by atoms with van der Waals surface area (Å²) >= 11 is 3.41. The van der Waals surface area contributed by atoms with Crippen molar-refractivity contribution in [1.29, 1.82) is 0 Å². The normalized spacial score (nSPS) is 19.5. The Morgan fingerprint density at radius 1 is 1.42 bits per heavy atom. The molecular weight excluding hydrogens is 306 g/mol. The highest BCUT2D eigenvalue weighted by molar-refractivity contribution is 9.09. The zero-order valence-electron chi connectivity index (χ0n) is 11.3. The lowest BCUT2D eigenvalue weighted by Gasteiger charge is -2.32. The van der Waals surface area contributed by atoms with Crippen molar-refractivity contribution in [2.75, 3.05) is 25.0 Å². The van der Waals surface area contributed by atoms with Crippen molar-refractivity contribution >= 4 is 21.8 Å². The lowest BCUT2D eigenvalue weighted by Crippen LogP contribution is -2.46. The van der Waals surface area contributed by atoms with E-state index in [0.717, 1.165) is 18.3 Å². The molecule has 1 aliphatic heterocycles. The number of aryl methyl sites for hydroxylation is 2. The van der Waals surface area contributed by atoms with Gasteiger partial charge >= 0.3 is 0 Å². The maximum absolute atomic E-state index is 12.2. The Balaban J connectivity index is 1.82. The molecule has 0 bridgehead atoms. The number of ether oxygens (including phenoxy) is 1. The SMILES string of the molecule is Cc1ccc(CCC(=O)N2CCOC(CBr)C2)cc1. The van der Waals surface area contributed by atoms with Gasteiger partial charge in [-0.2, -0.15) is 0 Å². The molecule has 4 heteroatoms. The molecule has 1 aromatic carbocycles. The first kappa shape index (κ1) is 14.5. The van der Waals surface area contributed by atoms with Crippen molar-refractivity contribution in [3.05, 3.63) is 35.4 Å². The summed E-state index contributed by atoms with van der Waals surface area (Å²) in [4.78, 5) is 14.1. The number of carbonyl (C=O) groups is 1. The number of rotatable bonds is 4. The number of carbonyl (C=O) groups excluding carboxylic acids is 1. The topological polar surface area (TPSA) is 29.5 Å². The molecule has 1 aliphatic rings. The van der Waals surface area contributed by atoms with Crippen LogP contribution in [0.15, 0.2) is 24.3 Å². The van der Waals surface area contributed by atoms with Gasteiger partial charge in [0.25, 0.3) is 0 Å². The van der Waals surface area contributed by atoms with E-state index in [1.54, 1.807) is 0 Å². The second kappa shape index (κ2) is 7.06. The molecule has 104 valence electrons. The van der Waals surface area contributed by atoms with Crippen molar-refractivity contribution in [2.45, 2.75) is 25.9 Å². The van der Waals surface area contributed by atoms with Crippen LogP contribution in [0.1, 0.15) is 17.5 Å². The number of hydrogen-bond donors (Lipinski definition) is 0. The van der Waals surface area contributed by atoms with Gasteiger partial charge in [-0.1, -0.05) is 45.8 Å². The molecule has 0 saturated carbocycles. The van der Waals surface area contributed by atoms with E-state index >= 15 is 0 Å². The molecule has 1 saturated heterocycles. The summed E-state index contributed by atoms with van der Waals surface area (Å²) in [5, 5.41) is 0.786. The van der Waals surface area contributed by atoms with E-state index in [2.05, 4.69) is 47.1 Å². The van der Waals surface area contributed by atoms with Gasteiger partial charge in [0.2, 0.25) is 5.91 Å². The molecule has 1 aromatic rings. The minimum absolute atomic E-state index is 0.136. The zero-order chi connectivity index (χ0) is 13.7. The predicted molar refractivity (Wildman–Crippen MR) is 79.6 cm³/mol.